The van der Waals surface area contributed by atoms with Crippen LogP contribution in [-0.4, -0.2) is 90.2 Å². The van der Waals surface area contributed by atoms with Crippen molar-refractivity contribution in [3.05, 3.63) is 0 Å². The Kier molecular flexibility index (Phi) is 12.1. The predicted molar refractivity (Wildman–Crippen MR) is 122 cm³/mol. The topological polar surface area (TPSA) is 121 Å². The van der Waals surface area contributed by atoms with Crippen LogP contribution in [0.15, 0.2) is 4.99 Å². The van der Waals surface area contributed by atoms with Crippen LogP contribution in [0.1, 0.15) is 32.1 Å². The van der Waals surface area contributed by atoms with Crippen LogP contribution in [0.2, 0.25) is 0 Å². The molecule has 0 radical (unpaired) electrons. The van der Waals surface area contributed by atoms with Gasteiger partial charge in [0.1, 0.15) is 0 Å². The van der Waals surface area contributed by atoms with Crippen LogP contribution in [0.4, 0.5) is 4.79 Å². The molecular weight excluding hydrogens is 513 g/mol. The van der Waals surface area contributed by atoms with E-state index < -0.39 is 10.0 Å². The number of hydrogen-bond acceptors (Lipinski definition) is 6. The van der Waals surface area contributed by atoms with Gasteiger partial charge < -0.3 is 25.0 Å². The van der Waals surface area contributed by atoms with Gasteiger partial charge >= 0.3 is 6.09 Å². The number of hydrogen-bond donors (Lipinski definition) is 3. The molecule has 170 valence electrons. The number of likely N-dealkylation sites (tertiary alicyclic amines) is 1. The molecule has 2 aliphatic rings. The summed E-state index contributed by atoms with van der Waals surface area (Å²) >= 11 is 0. The normalized spacial score (nSPS) is 21.2. The van der Waals surface area contributed by atoms with Gasteiger partial charge in [0.2, 0.25) is 10.0 Å². The molecule has 0 spiro atoms. The van der Waals surface area contributed by atoms with E-state index in [1.165, 1.54) is 7.11 Å². The second-order valence-corrected chi connectivity index (χ2v) is 8.96. The highest BCUT2D eigenvalue weighted by Gasteiger charge is 2.24. The zero-order valence-corrected chi connectivity index (χ0v) is 20.3. The molecule has 1 amide bonds. The van der Waals surface area contributed by atoms with E-state index in [-0.39, 0.29) is 54.5 Å². The Morgan fingerprint density at radius 1 is 1.24 bits per heavy atom. The second-order valence-electron chi connectivity index (χ2n) is 7.03. The highest BCUT2D eigenvalue weighted by atomic mass is 127. The van der Waals surface area contributed by atoms with E-state index in [2.05, 4.69) is 20.3 Å². The number of methoxy groups -OCH3 is 1. The molecule has 0 aromatic rings. The van der Waals surface area contributed by atoms with Gasteiger partial charge in [-0.15, -0.1) is 24.0 Å². The fourth-order valence-corrected chi connectivity index (χ4v) is 4.24. The van der Waals surface area contributed by atoms with Crippen LogP contribution in [0.5, 0.6) is 0 Å². The number of guanidine groups is 1. The van der Waals surface area contributed by atoms with Crippen LogP contribution in [0.3, 0.4) is 0 Å². The van der Waals surface area contributed by atoms with Crippen LogP contribution in [0.25, 0.3) is 0 Å². The van der Waals surface area contributed by atoms with Crippen molar-refractivity contribution in [1.82, 2.24) is 20.3 Å². The van der Waals surface area contributed by atoms with Gasteiger partial charge in [-0.2, -0.15) is 0 Å². The smallest absolute Gasteiger partial charge is 0.409 e. The third-order valence-corrected chi connectivity index (χ3v) is 6.31. The van der Waals surface area contributed by atoms with E-state index in [1.807, 2.05) is 0 Å². The Hall–Kier alpha value is -0.860. The molecule has 29 heavy (non-hydrogen) atoms. The molecule has 0 aliphatic carbocycles. The Bertz CT molecular complexity index is 620. The lowest BCUT2D eigenvalue weighted by atomic mass is 10.1. The number of nitrogens with one attached hydrogen (secondary N) is 3. The maximum Gasteiger partial charge on any atom is 0.409 e. The molecule has 0 aromatic carbocycles. The van der Waals surface area contributed by atoms with Gasteiger partial charge in [-0.1, -0.05) is 0 Å². The van der Waals surface area contributed by atoms with Crippen LogP contribution in [0, 0.1) is 0 Å². The third-order valence-electron chi connectivity index (χ3n) is 4.96. The van der Waals surface area contributed by atoms with E-state index in [0.29, 0.717) is 32.2 Å². The molecule has 0 aromatic heterocycles. The van der Waals surface area contributed by atoms with Gasteiger partial charge in [0.05, 0.1) is 19.0 Å². The van der Waals surface area contributed by atoms with Crippen LogP contribution < -0.4 is 15.4 Å². The number of aliphatic imine (C=N–C) groups is 1. The van der Waals surface area contributed by atoms with Crippen molar-refractivity contribution in [3.8, 4) is 0 Å². The first-order chi connectivity index (χ1) is 13.4. The summed E-state index contributed by atoms with van der Waals surface area (Å²) in [5.41, 5.74) is 0. The first-order valence-corrected chi connectivity index (χ1v) is 11.5. The number of amides is 1. The molecule has 12 heteroatoms. The number of nitrogens with zero attached hydrogens (tertiary/aromatic N) is 2. The zero-order valence-electron chi connectivity index (χ0n) is 17.2. The second kappa shape index (κ2) is 13.4. The monoisotopic (exact) mass is 547 g/mol. The summed E-state index contributed by atoms with van der Waals surface area (Å²) in [6.07, 6.45) is 4.23. The SMILES string of the molecule is CN=C(NCCS(=O)(=O)NCC1CCCCO1)NC1CCN(C(=O)OC)CC1.I. The number of piperidine rings is 1. The highest BCUT2D eigenvalue weighted by Crippen LogP contribution is 2.12. The summed E-state index contributed by atoms with van der Waals surface area (Å²) in [5, 5.41) is 6.32. The van der Waals surface area contributed by atoms with E-state index in [0.717, 1.165) is 32.1 Å². The number of ether oxygens (including phenoxy) is 2. The summed E-state index contributed by atoms with van der Waals surface area (Å²) < 4.78 is 37.2. The lowest BCUT2D eigenvalue weighted by Gasteiger charge is -2.32. The molecule has 2 rings (SSSR count). The molecule has 2 aliphatic heterocycles. The molecule has 1 unspecified atom stereocenters. The van der Waals surface area contributed by atoms with Crippen molar-refractivity contribution < 1.29 is 22.7 Å². The van der Waals surface area contributed by atoms with Crippen molar-refractivity contribution in [2.45, 2.75) is 44.2 Å². The quantitative estimate of drug-likeness (QED) is 0.241. The number of sulfonamides is 1. The van der Waals surface area contributed by atoms with Crippen molar-refractivity contribution in [1.29, 1.82) is 0 Å². The fraction of sp³-hybridized carbons (Fsp3) is 0.882. The Morgan fingerprint density at radius 3 is 2.55 bits per heavy atom. The number of carbonyl (C=O) groups excluding carboxylic acids is 1. The minimum atomic E-state index is -3.37. The standard InChI is InChI=1S/C17H33N5O5S.HI/c1-18-16(21-14-6-9-22(10-7-14)17(23)26-2)19-8-12-28(24,25)20-13-15-5-3-4-11-27-15;/h14-15,20H,3-13H2,1-2H3,(H2,18,19,21);1H. The predicted octanol–water partition coefficient (Wildman–Crippen LogP) is 0.489. The summed E-state index contributed by atoms with van der Waals surface area (Å²) in [7, 11) is -0.348. The Labute approximate surface area is 190 Å². The molecule has 1 atom stereocenters. The van der Waals surface area contributed by atoms with Gasteiger partial charge in [0, 0.05) is 45.9 Å². The average Bonchev–Trinajstić information content (AvgIpc) is 2.72. The largest absolute Gasteiger partial charge is 0.453 e. The molecule has 2 fully saturated rings. The molecule has 2 heterocycles. The molecule has 3 N–H and O–H groups in total. The zero-order chi connectivity index (χ0) is 20.4. The van der Waals surface area contributed by atoms with Crippen LogP contribution >= 0.6 is 24.0 Å². The summed E-state index contributed by atoms with van der Waals surface area (Å²) in [6.45, 7) is 2.51. The Balaban J connectivity index is 0.00000420. The van der Waals surface area contributed by atoms with Crippen molar-refractivity contribution in [2.75, 3.05) is 52.7 Å². The fourth-order valence-electron chi connectivity index (χ4n) is 3.29. The number of rotatable bonds is 7. The molecule has 0 bridgehead atoms. The molecular formula is C17H34IN5O5S. The van der Waals surface area contributed by atoms with E-state index >= 15 is 0 Å². The third kappa shape index (κ3) is 9.66. The minimum Gasteiger partial charge on any atom is -0.453 e. The number of halogens is 1. The molecule has 10 nitrogen and oxygen atoms in total. The minimum absolute atomic E-state index is 0. The van der Waals surface area contributed by atoms with Crippen LogP contribution in [-0.2, 0) is 19.5 Å². The van der Waals surface area contributed by atoms with Crippen molar-refractivity contribution >= 4 is 46.1 Å². The van der Waals surface area contributed by atoms with Crippen molar-refractivity contribution in [3.63, 3.8) is 0 Å². The number of carbonyl (C=O) groups is 1. The maximum absolute atomic E-state index is 12.1. The van der Waals surface area contributed by atoms with Gasteiger partial charge in [-0.25, -0.2) is 17.9 Å². The van der Waals surface area contributed by atoms with E-state index in [9.17, 15) is 13.2 Å². The average molecular weight is 547 g/mol. The Morgan fingerprint density at radius 2 is 1.97 bits per heavy atom. The van der Waals surface area contributed by atoms with E-state index in [4.69, 9.17) is 9.47 Å². The van der Waals surface area contributed by atoms with Gasteiger partial charge in [-0.05, 0) is 32.1 Å². The highest BCUT2D eigenvalue weighted by molar-refractivity contribution is 14.0. The lowest BCUT2D eigenvalue weighted by Crippen LogP contribution is -2.50. The van der Waals surface area contributed by atoms with Gasteiger partial charge in [-0.3, -0.25) is 4.99 Å². The molecule has 2 saturated heterocycles. The van der Waals surface area contributed by atoms with Gasteiger partial charge in [0.15, 0.2) is 5.96 Å². The lowest BCUT2D eigenvalue weighted by molar-refractivity contribution is 0.0200. The van der Waals surface area contributed by atoms with E-state index in [1.54, 1.807) is 11.9 Å². The maximum atomic E-state index is 12.1. The summed E-state index contributed by atoms with van der Waals surface area (Å²) in [6, 6.07) is 0.172. The summed E-state index contributed by atoms with van der Waals surface area (Å²) in [4.78, 5) is 17.3. The summed E-state index contributed by atoms with van der Waals surface area (Å²) in [5.74, 6) is 0.517. The molecule has 0 saturated carbocycles. The van der Waals surface area contributed by atoms with Gasteiger partial charge in [0.25, 0.3) is 0 Å². The van der Waals surface area contributed by atoms with Crippen molar-refractivity contribution in [2.24, 2.45) is 4.99 Å². The first kappa shape index (κ1) is 26.2. The first-order valence-electron chi connectivity index (χ1n) is 9.82.